The van der Waals surface area contributed by atoms with Crippen molar-refractivity contribution < 1.29 is 0 Å². The van der Waals surface area contributed by atoms with E-state index in [9.17, 15) is 0 Å². The van der Waals surface area contributed by atoms with Gasteiger partial charge in [-0.15, -0.1) is 0 Å². The number of nitrogens with zero attached hydrogens (tertiary/aromatic N) is 1. The molecule has 1 aromatic carbocycles. The quantitative estimate of drug-likeness (QED) is 0.843. The third-order valence-corrected chi connectivity index (χ3v) is 3.16. The molecule has 0 bridgehead atoms. The zero-order valence-electron chi connectivity index (χ0n) is 9.32. The summed E-state index contributed by atoms with van der Waals surface area (Å²) in [6, 6.07) is 8.65. The molecule has 0 aliphatic heterocycles. The average Bonchev–Trinajstić information content (AvgIpc) is 3.13. The van der Waals surface area contributed by atoms with Crippen LogP contribution < -0.4 is 5.32 Å². The minimum absolute atomic E-state index is 0.949. The molecular weight excluding hydrogens is 196 g/mol. The summed E-state index contributed by atoms with van der Waals surface area (Å²) in [5.74, 6) is 0.949. The van der Waals surface area contributed by atoms with Crippen molar-refractivity contribution >= 4 is 10.8 Å². The van der Waals surface area contributed by atoms with Gasteiger partial charge in [-0.25, -0.2) is 0 Å². The zero-order chi connectivity index (χ0) is 10.8. The fourth-order valence-electron chi connectivity index (χ4n) is 1.99. The van der Waals surface area contributed by atoms with Gasteiger partial charge in [0.05, 0.1) is 0 Å². The monoisotopic (exact) mass is 212 g/mol. The molecule has 0 unspecified atom stereocenters. The molecule has 0 saturated heterocycles. The Bertz CT molecular complexity index is 489. The summed E-state index contributed by atoms with van der Waals surface area (Å²) in [6.07, 6.45) is 6.59. The van der Waals surface area contributed by atoms with Crippen LogP contribution >= 0.6 is 0 Å². The zero-order valence-corrected chi connectivity index (χ0v) is 9.32. The van der Waals surface area contributed by atoms with E-state index in [4.69, 9.17) is 0 Å². The van der Waals surface area contributed by atoms with E-state index in [0.717, 1.165) is 12.5 Å². The maximum atomic E-state index is 4.12. The molecule has 1 N–H and O–H groups in total. The number of nitrogens with one attached hydrogen (secondary N) is 1. The molecule has 1 fully saturated rings. The second kappa shape index (κ2) is 4.22. The smallest absolute Gasteiger partial charge is 0.0346 e. The Morgan fingerprint density at radius 1 is 1.19 bits per heavy atom. The molecule has 2 nitrogen and oxygen atoms in total. The predicted octanol–water partition coefficient (Wildman–Crippen LogP) is 2.73. The molecule has 2 heteroatoms. The molecule has 0 spiro atoms. The van der Waals surface area contributed by atoms with Crippen LogP contribution in [0.4, 0.5) is 0 Å². The lowest BCUT2D eigenvalue weighted by molar-refractivity contribution is 0.639. The number of aromatic nitrogens is 1. The number of hydrogen-bond acceptors (Lipinski definition) is 2. The molecule has 1 saturated carbocycles. The van der Waals surface area contributed by atoms with Crippen LogP contribution in [0, 0.1) is 5.92 Å². The van der Waals surface area contributed by atoms with Gasteiger partial charge in [0.2, 0.25) is 0 Å². The van der Waals surface area contributed by atoms with E-state index in [1.807, 2.05) is 12.4 Å². The van der Waals surface area contributed by atoms with Crippen molar-refractivity contribution in [1.29, 1.82) is 0 Å². The van der Waals surface area contributed by atoms with Crippen molar-refractivity contribution in [3.8, 4) is 0 Å². The van der Waals surface area contributed by atoms with E-state index >= 15 is 0 Å². The van der Waals surface area contributed by atoms with Crippen molar-refractivity contribution in [2.45, 2.75) is 19.4 Å². The fourth-order valence-corrected chi connectivity index (χ4v) is 1.99. The molecule has 1 aliphatic carbocycles. The first-order chi connectivity index (χ1) is 7.92. The van der Waals surface area contributed by atoms with E-state index in [1.54, 1.807) is 0 Å². The summed E-state index contributed by atoms with van der Waals surface area (Å²) < 4.78 is 0. The second-order valence-corrected chi connectivity index (χ2v) is 4.63. The van der Waals surface area contributed by atoms with Gasteiger partial charge in [0, 0.05) is 24.3 Å². The predicted molar refractivity (Wildman–Crippen MR) is 66.2 cm³/mol. The fraction of sp³-hybridized carbons (Fsp3) is 0.357. The molecule has 3 rings (SSSR count). The highest BCUT2D eigenvalue weighted by molar-refractivity contribution is 5.81. The van der Waals surface area contributed by atoms with Crippen LogP contribution in [0.1, 0.15) is 18.4 Å². The van der Waals surface area contributed by atoms with Gasteiger partial charge in [0.1, 0.15) is 0 Å². The van der Waals surface area contributed by atoms with Crippen molar-refractivity contribution in [3.05, 3.63) is 42.2 Å². The van der Waals surface area contributed by atoms with Gasteiger partial charge in [-0.1, -0.05) is 12.1 Å². The summed E-state index contributed by atoms with van der Waals surface area (Å²) in [6.45, 7) is 2.16. The van der Waals surface area contributed by atoms with Crippen molar-refractivity contribution in [2.24, 2.45) is 5.92 Å². The standard InChI is InChI=1S/C14H16N2/c1-2-11(1)8-16-9-12-3-4-14-10-15-6-5-13(14)7-12/h3-7,10-11,16H,1-2,8-9H2. The minimum atomic E-state index is 0.949. The van der Waals surface area contributed by atoms with Gasteiger partial charge >= 0.3 is 0 Å². The van der Waals surface area contributed by atoms with Gasteiger partial charge < -0.3 is 5.32 Å². The normalized spacial score (nSPS) is 15.5. The molecule has 2 aromatic rings. The Morgan fingerprint density at radius 2 is 2.12 bits per heavy atom. The molecular formula is C14H16N2. The first-order valence-electron chi connectivity index (χ1n) is 5.95. The molecule has 82 valence electrons. The highest BCUT2D eigenvalue weighted by Gasteiger charge is 2.19. The van der Waals surface area contributed by atoms with Crippen LogP contribution in [0.5, 0.6) is 0 Å². The summed E-state index contributed by atoms with van der Waals surface area (Å²) in [4.78, 5) is 4.12. The SMILES string of the molecule is c1cc2cc(CNCC3CC3)ccc2cn1. The average molecular weight is 212 g/mol. The van der Waals surface area contributed by atoms with Crippen LogP contribution in [-0.2, 0) is 6.54 Å². The summed E-state index contributed by atoms with van der Waals surface area (Å²) >= 11 is 0. The van der Waals surface area contributed by atoms with Gasteiger partial charge in [-0.2, -0.15) is 0 Å². The summed E-state index contributed by atoms with van der Waals surface area (Å²) in [5.41, 5.74) is 1.36. The van der Waals surface area contributed by atoms with Crippen molar-refractivity contribution in [3.63, 3.8) is 0 Å². The molecule has 0 radical (unpaired) electrons. The Morgan fingerprint density at radius 3 is 3.00 bits per heavy atom. The van der Waals surface area contributed by atoms with E-state index in [-0.39, 0.29) is 0 Å². The van der Waals surface area contributed by atoms with E-state index < -0.39 is 0 Å². The van der Waals surface area contributed by atoms with Crippen LogP contribution in [-0.4, -0.2) is 11.5 Å². The second-order valence-electron chi connectivity index (χ2n) is 4.63. The first-order valence-corrected chi connectivity index (χ1v) is 5.95. The molecule has 0 atom stereocenters. The third-order valence-electron chi connectivity index (χ3n) is 3.16. The molecule has 1 aromatic heterocycles. The topological polar surface area (TPSA) is 24.9 Å². The summed E-state index contributed by atoms with van der Waals surface area (Å²) in [5, 5.41) is 6.01. The Kier molecular flexibility index (Phi) is 2.58. The van der Waals surface area contributed by atoms with E-state index in [0.29, 0.717) is 0 Å². The van der Waals surface area contributed by atoms with Crippen molar-refractivity contribution in [2.75, 3.05) is 6.54 Å². The Balaban J connectivity index is 1.71. The largest absolute Gasteiger partial charge is 0.312 e. The maximum absolute atomic E-state index is 4.12. The molecule has 1 heterocycles. The van der Waals surface area contributed by atoms with Crippen molar-refractivity contribution in [1.82, 2.24) is 10.3 Å². The molecule has 16 heavy (non-hydrogen) atoms. The maximum Gasteiger partial charge on any atom is 0.0346 e. The molecule has 1 aliphatic rings. The lowest BCUT2D eigenvalue weighted by Gasteiger charge is -2.05. The van der Waals surface area contributed by atoms with E-state index in [2.05, 4.69) is 34.6 Å². The van der Waals surface area contributed by atoms with Gasteiger partial charge in [-0.05, 0) is 48.4 Å². The van der Waals surface area contributed by atoms with Gasteiger partial charge in [0.15, 0.2) is 0 Å². The number of fused-ring (bicyclic) bond motifs is 1. The lowest BCUT2D eigenvalue weighted by Crippen LogP contribution is -2.15. The number of benzene rings is 1. The Hall–Kier alpha value is -1.41. The highest BCUT2D eigenvalue weighted by Crippen LogP contribution is 2.27. The lowest BCUT2D eigenvalue weighted by atomic mass is 10.1. The van der Waals surface area contributed by atoms with E-state index in [1.165, 1.54) is 35.7 Å². The van der Waals surface area contributed by atoms with Crippen LogP contribution in [0.3, 0.4) is 0 Å². The third kappa shape index (κ3) is 2.22. The van der Waals surface area contributed by atoms with Gasteiger partial charge in [-0.3, -0.25) is 4.98 Å². The van der Waals surface area contributed by atoms with Crippen LogP contribution in [0.25, 0.3) is 10.8 Å². The minimum Gasteiger partial charge on any atom is -0.312 e. The summed E-state index contributed by atoms with van der Waals surface area (Å²) in [7, 11) is 0. The Labute approximate surface area is 95.7 Å². The highest BCUT2D eigenvalue weighted by atomic mass is 14.9. The van der Waals surface area contributed by atoms with Crippen LogP contribution in [0.2, 0.25) is 0 Å². The molecule has 0 amide bonds. The van der Waals surface area contributed by atoms with Gasteiger partial charge in [0.25, 0.3) is 0 Å². The van der Waals surface area contributed by atoms with Crippen LogP contribution in [0.15, 0.2) is 36.7 Å². The number of rotatable bonds is 4. The first kappa shape index (κ1) is 9.79. The number of hydrogen-bond donors (Lipinski definition) is 1. The number of pyridine rings is 1.